The van der Waals surface area contributed by atoms with Gasteiger partial charge in [0.25, 0.3) is 5.60 Å². The zero-order valence-corrected chi connectivity index (χ0v) is 9.16. The van der Waals surface area contributed by atoms with Crippen molar-refractivity contribution in [3.63, 3.8) is 0 Å². The minimum atomic E-state index is -5.56. The molecule has 0 bridgehead atoms. The predicted octanol–water partition coefficient (Wildman–Crippen LogP) is 3.05. The van der Waals surface area contributed by atoms with Crippen molar-refractivity contribution in [3.8, 4) is 0 Å². The molecule has 104 valence electrons. The molecule has 0 heterocycles. The summed E-state index contributed by atoms with van der Waals surface area (Å²) in [5.74, 6) is 0. The molecule has 0 aliphatic heterocycles. The van der Waals surface area contributed by atoms with Gasteiger partial charge < -0.3 is 9.84 Å². The molecule has 1 N–H and O–H groups in total. The molecule has 0 unspecified atom stereocenters. The Balaban J connectivity index is 5.22. The molecule has 0 aliphatic rings. The first-order chi connectivity index (χ1) is 7.62. The lowest BCUT2D eigenvalue weighted by atomic mass is 9.95. The Morgan fingerprint density at radius 2 is 1.47 bits per heavy atom. The van der Waals surface area contributed by atoms with Crippen LogP contribution in [-0.4, -0.2) is 36.3 Å². The van der Waals surface area contributed by atoms with Crippen LogP contribution in [0, 0.1) is 0 Å². The summed E-state index contributed by atoms with van der Waals surface area (Å²) in [6.45, 7) is -0.438. The van der Waals surface area contributed by atoms with Crippen LogP contribution in [0.2, 0.25) is 0 Å². The largest absolute Gasteiger partial charge is 0.426 e. The lowest BCUT2D eigenvalue weighted by Crippen LogP contribution is -2.59. The fourth-order valence-corrected chi connectivity index (χ4v) is 1.33. The molecular weight excluding hydrogens is 254 g/mol. The summed E-state index contributed by atoms with van der Waals surface area (Å²) in [6, 6.07) is 0. The van der Waals surface area contributed by atoms with Gasteiger partial charge in [0, 0.05) is 0 Å². The van der Waals surface area contributed by atoms with Gasteiger partial charge in [0.1, 0.15) is 0 Å². The molecule has 0 rings (SSSR count). The van der Waals surface area contributed by atoms with Crippen molar-refractivity contribution in [2.45, 2.75) is 44.1 Å². The van der Waals surface area contributed by atoms with Crippen LogP contribution >= 0.6 is 0 Å². The third kappa shape index (κ3) is 3.74. The van der Waals surface area contributed by atoms with Crippen LogP contribution in [0.25, 0.3) is 0 Å². The summed E-state index contributed by atoms with van der Waals surface area (Å²) >= 11 is 0. The molecular formula is C9H14F6O2. The fraction of sp³-hybridized carbons (Fsp3) is 1.00. The molecule has 8 heteroatoms. The van der Waals surface area contributed by atoms with Gasteiger partial charge in [0.2, 0.25) is 0 Å². The average molecular weight is 268 g/mol. The molecule has 0 spiro atoms. The Kier molecular flexibility index (Phi) is 5.73. The number of hydrogen-bond donors (Lipinski definition) is 1. The van der Waals surface area contributed by atoms with E-state index in [-0.39, 0.29) is 12.8 Å². The van der Waals surface area contributed by atoms with Gasteiger partial charge in [-0.3, -0.25) is 0 Å². The van der Waals surface area contributed by atoms with Crippen molar-refractivity contribution in [3.05, 3.63) is 0 Å². The van der Waals surface area contributed by atoms with Gasteiger partial charge in [-0.15, -0.1) is 0 Å². The molecule has 0 saturated carbocycles. The maximum Gasteiger partial charge on any atom is 0.426 e. The van der Waals surface area contributed by atoms with Crippen LogP contribution in [0.1, 0.15) is 26.2 Å². The van der Waals surface area contributed by atoms with Gasteiger partial charge in [-0.25, -0.2) is 0 Å². The number of halogens is 6. The average Bonchev–Trinajstić information content (AvgIpc) is 2.14. The van der Waals surface area contributed by atoms with Crippen molar-refractivity contribution in [2.75, 3.05) is 13.2 Å². The summed E-state index contributed by atoms with van der Waals surface area (Å²) in [5, 5.41) is 8.33. The number of aliphatic hydroxyl groups excluding tert-OH is 1. The van der Waals surface area contributed by atoms with Crippen LogP contribution < -0.4 is 0 Å². The van der Waals surface area contributed by atoms with E-state index in [4.69, 9.17) is 5.11 Å². The second-order valence-corrected chi connectivity index (χ2v) is 3.50. The molecule has 0 atom stereocenters. The number of hydrogen-bond acceptors (Lipinski definition) is 2. The first kappa shape index (κ1) is 16.5. The smallest absolute Gasteiger partial charge is 0.394 e. The third-order valence-electron chi connectivity index (χ3n) is 2.24. The Morgan fingerprint density at radius 1 is 1.00 bits per heavy atom. The molecule has 0 aromatic heterocycles. The van der Waals surface area contributed by atoms with E-state index < -0.39 is 37.6 Å². The molecule has 0 radical (unpaired) electrons. The topological polar surface area (TPSA) is 29.5 Å². The quantitative estimate of drug-likeness (QED) is 0.750. The molecule has 0 aromatic rings. The number of ether oxygens (including phenoxy) is 1. The van der Waals surface area contributed by atoms with E-state index in [0.717, 1.165) is 0 Å². The Labute approximate surface area is 94.6 Å². The first-order valence-corrected chi connectivity index (χ1v) is 5.00. The molecule has 17 heavy (non-hydrogen) atoms. The van der Waals surface area contributed by atoms with Gasteiger partial charge >= 0.3 is 12.4 Å². The second kappa shape index (κ2) is 5.90. The highest BCUT2D eigenvalue weighted by Crippen LogP contribution is 2.48. The molecule has 0 fully saturated rings. The standard InChI is InChI=1S/C9H14F6O2/c1-2-3-4-7(8(10,11)12,9(13,14)15)17-6-5-16/h16H,2-6H2,1H3. The van der Waals surface area contributed by atoms with Crippen LogP contribution in [-0.2, 0) is 4.74 Å². The Morgan fingerprint density at radius 3 is 1.76 bits per heavy atom. The van der Waals surface area contributed by atoms with Gasteiger partial charge in [-0.2, -0.15) is 26.3 Å². The normalized spacial score (nSPS) is 14.1. The SMILES string of the molecule is CCCCC(OCCO)(C(F)(F)F)C(F)(F)F. The van der Waals surface area contributed by atoms with Crippen LogP contribution in [0.4, 0.5) is 26.3 Å². The van der Waals surface area contributed by atoms with E-state index in [1.807, 2.05) is 0 Å². The second-order valence-electron chi connectivity index (χ2n) is 3.50. The van der Waals surface area contributed by atoms with Crippen molar-refractivity contribution in [2.24, 2.45) is 0 Å². The molecule has 2 nitrogen and oxygen atoms in total. The van der Waals surface area contributed by atoms with Crippen LogP contribution in [0.5, 0.6) is 0 Å². The van der Waals surface area contributed by atoms with Crippen LogP contribution in [0.3, 0.4) is 0 Å². The summed E-state index contributed by atoms with van der Waals surface area (Å²) in [4.78, 5) is 0. The van der Waals surface area contributed by atoms with E-state index in [0.29, 0.717) is 0 Å². The lowest BCUT2D eigenvalue weighted by Gasteiger charge is -2.37. The van der Waals surface area contributed by atoms with Crippen molar-refractivity contribution < 1.29 is 36.2 Å². The summed E-state index contributed by atoms with van der Waals surface area (Å²) in [6.07, 6.45) is -12.4. The minimum absolute atomic E-state index is 0.177. The minimum Gasteiger partial charge on any atom is -0.394 e. The van der Waals surface area contributed by atoms with Gasteiger partial charge in [0.15, 0.2) is 0 Å². The third-order valence-corrected chi connectivity index (χ3v) is 2.24. The molecule has 0 saturated heterocycles. The van der Waals surface area contributed by atoms with Crippen molar-refractivity contribution in [1.29, 1.82) is 0 Å². The highest BCUT2D eigenvalue weighted by atomic mass is 19.4. The molecule has 0 aliphatic carbocycles. The van der Waals surface area contributed by atoms with Crippen molar-refractivity contribution in [1.82, 2.24) is 0 Å². The fourth-order valence-electron chi connectivity index (χ4n) is 1.33. The maximum atomic E-state index is 12.6. The first-order valence-electron chi connectivity index (χ1n) is 5.00. The van der Waals surface area contributed by atoms with E-state index in [1.54, 1.807) is 0 Å². The van der Waals surface area contributed by atoms with Gasteiger partial charge in [-0.05, 0) is 6.42 Å². The molecule has 0 aromatic carbocycles. The highest BCUT2D eigenvalue weighted by Gasteiger charge is 2.71. The predicted molar refractivity (Wildman–Crippen MR) is 47.4 cm³/mol. The number of unbranched alkanes of at least 4 members (excludes halogenated alkanes) is 1. The number of alkyl halides is 6. The van der Waals surface area contributed by atoms with E-state index in [2.05, 4.69) is 4.74 Å². The Hall–Kier alpha value is -0.500. The van der Waals surface area contributed by atoms with Crippen molar-refractivity contribution >= 4 is 0 Å². The summed E-state index contributed by atoms with van der Waals surface area (Å²) in [5.41, 5.74) is -4.18. The lowest BCUT2D eigenvalue weighted by molar-refractivity contribution is -0.383. The zero-order chi connectivity index (χ0) is 13.7. The summed E-state index contributed by atoms with van der Waals surface area (Å²) in [7, 11) is 0. The van der Waals surface area contributed by atoms with E-state index >= 15 is 0 Å². The Bertz CT molecular complexity index is 199. The van der Waals surface area contributed by atoms with Gasteiger partial charge in [0.05, 0.1) is 13.2 Å². The van der Waals surface area contributed by atoms with E-state index in [1.165, 1.54) is 6.92 Å². The summed E-state index contributed by atoms with van der Waals surface area (Å²) < 4.78 is 79.5. The molecule has 0 amide bonds. The van der Waals surface area contributed by atoms with Gasteiger partial charge in [-0.1, -0.05) is 19.8 Å². The maximum absolute atomic E-state index is 12.6. The highest BCUT2D eigenvalue weighted by molar-refractivity contribution is 4.95. The number of rotatable bonds is 6. The van der Waals surface area contributed by atoms with Crippen LogP contribution in [0.15, 0.2) is 0 Å². The zero-order valence-electron chi connectivity index (χ0n) is 9.16. The van der Waals surface area contributed by atoms with E-state index in [9.17, 15) is 26.3 Å². The number of aliphatic hydroxyl groups is 1. The monoisotopic (exact) mass is 268 g/mol.